The van der Waals surface area contributed by atoms with Crippen LogP contribution in [0.3, 0.4) is 0 Å². The largest absolute Gasteiger partial charge is 0.469 e. The number of halogens is 2. The van der Waals surface area contributed by atoms with E-state index in [0.29, 0.717) is 6.42 Å². The number of ether oxygens (including phenoxy) is 1. The first-order valence-electron chi connectivity index (χ1n) is 4.06. The van der Waals surface area contributed by atoms with Crippen LogP contribution in [0.15, 0.2) is 0 Å². The zero-order valence-electron chi connectivity index (χ0n) is 7.19. The molecule has 0 aromatic heterocycles. The van der Waals surface area contributed by atoms with Gasteiger partial charge in [0.1, 0.15) is 0 Å². The molecule has 0 N–H and O–H groups in total. The Balaban J connectivity index is 3.40. The third kappa shape index (κ3) is 6.81. The van der Waals surface area contributed by atoms with Crippen molar-refractivity contribution in [2.75, 3.05) is 12.4 Å². The van der Waals surface area contributed by atoms with Crippen LogP contribution in [0.25, 0.3) is 0 Å². The highest BCUT2D eigenvalue weighted by atomic mass is 79.9. The topological polar surface area (TPSA) is 26.3 Å². The Kier molecular flexibility index (Phi) is 6.14. The van der Waals surface area contributed by atoms with Crippen LogP contribution in [0, 0.1) is 0 Å². The van der Waals surface area contributed by atoms with Crippen LogP contribution < -0.4 is 0 Å². The number of hydrogen-bond acceptors (Lipinski definition) is 2. The molecule has 0 aliphatic rings. The Hall–Kier alpha value is 0.430. The first-order chi connectivity index (χ1) is 5.70. The van der Waals surface area contributed by atoms with Crippen LogP contribution in [0.1, 0.15) is 20.6 Å². The fourth-order valence-corrected chi connectivity index (χ4v) is 1.55. The zero-order valence-corrected chi connectivity index (χ0v) is 9.36. The average Bonchev–Trinajstić information content (AvgIpc) is 2.01. The molecule has 2 nitrogen and oxygen atoms in total. The van der Waals surface area contributed by atoms with Gasteiger partial charge in [-0.25, -0.2) is 0 Å². The quantitative estimate of drug-likeness (QED) is 0.574. The summed E-state index contributed by atoms with van der Waals surface area (Å²) in [4.78, 5) is 11.0. The number of methoxy groups -OCH3 is 1. The minimum absolute atomic E-state index is 0.175. The SMILES string of the molecule is [2H]COC(=O)CC(Br)CCCBr. The molecular weight excluding hydrogens is 276 g/mol. The van der Waals surface area contributed by atoms with Crippen molar-refractivity contribution in [3.63, 3.8) is 0 Å². The molecule has 0 fully saturated rings. The maximum Gasteiger partial charge on any atom is 0.306 e. The Morgan fingerprint density at radius 2 is 2.55 bits per heavy atom. The molecule has 0 rings (SSSR count). The highest BCUT2D eigenvalue weighted by Gasteiger charge is 2.09. The molecule has 0 aliphatic heterocycles. The van der Waals surface area contributed by atoms with Crippen molar-refractivity contribution in [1.29, 1.82) is 0 Å². The van der Waals surface area contributed by atoms with Gasteiger partial charge in [-0.05, 0) is 12.8 Å². The smallest absolute Gasteiger partial charge is 0.306 e. The standard InChI is InChI=1S/C7H12Br2O2/c1-11-7(10)5-6(9)3-2-4-8/h6H,2-5H2,1H3/i1D. The number of carbonyl (C=O) groups is 1. The van der Waals surface area contributed by atoms with Crippen molar-refractivity contribution in [1.82, 2.24) is 0 Å². The average molecular weight is 289 g/mol. The Morgan fingerprint density at radius 1 is 1.82 bits per heavy atom. The van der Waals surface area contributed by atoms with Crippen molar-refractivity contribution < 1.29 is 10.9 Å². The van der Waals surface area contributed by atoms with E-state index in [-0.39, 0.29) is 17.9 Å². The van der Waals surface area contributed by atoms with Gasteiger partial charge in [-0.2, -0.15) is 0 Å². The molecule has 66 valence electrons. The minimum atomic E-state index is -0.304. The van der Waals surface area contributed by atoms with E-state index in [1.165, 1.54) is 0 Å². The van der Waals surface area contributed by atoms with Gasteiger partial charge >= 0.3 is 5.97 Å². The molecule has 0 heterocycles. The minimum Gasteiger partial charge on any atom is -0.469 e. The van der Waals surface area contributed by atoms with Crippen LogP contribution in [0.4, 0.5) is 0 Å². The Labute approximate surface area is 85.3 Å². The fourth-order valence-electron chi connectivity index (χ4n) is 0.640. The highest BCUT2D eigenvalue weighted by Crippen LogP contribution is 2.13. The van der Waals surface area contributed by atoms with E-state index >= 15 is 0 Å². The summed E-state index contributed by atoms with van der Waals surface area (Å²) in [6.45, 7) is 0. The van der Waals surface area contributed by atoms with Gasteiger partial charge < -0.3 is 4.74 Å². The van der Waals surface area contributed by atoms with E-state index in [0.717, 1.165) is 18.2 Å². The molecule has 1 unspecified atom stereocenters. The van der Waals surface area contributed by atoms with Crippen LogP contribution >= 0.6 is 31.9 Å². The lowest BCUT2D eigenvalue weighted by Gasteiger charge is -2.05. The molecule has 0 radical (unpaired) electrons. The van der Waals surface area contributed by atoms with Crippen molar-refractivity contribution in [2.45, 2.75) is 24.1 Å². The van der Waals surface area contributed by atoms with Crippen molar-refractivity contribution in [3.8, 4) is 0 Å². The van der Waals surface area contributed by atoms with E-state index in [9.17, 15) is 4.79 Å². The first kappa shape index (κ1) is 9.52. The molecule has 11 heavy (non-hydrogen) atoms. The summed E-state index contributed by atoms with van der Waals surface area (Å²) in [5.74, 6) is -0.304. The summed E-state index contributed by atoms with van der Waals surface area (Å²) in [5.41, 5.74) is 0. The van der Waals surface area contributed by atoms with Gasteiger partial charge in [0.25, 0.3) is 0 Å². The molecule has 0 saturated carbocycles. The fraction of sp³-hybridized carbons (Fsp3) is 0.857. The molecule has 0 bridgehead atoms. The molecule has 0 aliphatic carbocycles. The summed E-state index contributed by atoms with van der Waals surface area (Å²) in [7, 11) is -0.281. The number of carbonyl (C=O) groups excluding carboxylic acids is 1. The summed E-state index contributed by atoms with van der Waals surface area (Å²) in [6, 6.07) is 0. The molecule has 4 heteroatoms. The Morgan fingerprint density at radius 3 is 3.09 bits per heavy atom. The van der Waals surface area contributed by atoms with Crippen molar-refractivity contribution in [3.05, 3.63) is 0 Å². The van der Waals surface area contributed by atoms with Gasteiger partial charge in [-0.15, -0.1) is 0 Å². The van der Waals surface area contributed by atoms with Crippen LogP contribution in [-0.2, 0) is 9.53 Å². The molecule has 0 aromatic rings. The number of esters is 1. The van der Waals surface area contributed by atoms with E-state index in [4.69, 9.17) is 1.37 Å². The van der Waals surface area contributed by atoms with Crippen molar-refractivity contribution >= 4 is 37.8 Å². The predicted molar refractivity (Wildman–Crippen MR) is 52.4 cm³/mol. The van der Waals surface area contributed by atoms with Crippen LogP contribution in [0.5, 0.6) is 0 Å². The van der Waals surface area contributed by atoms with Crippen molar-refractivity contribution in [2.24, 2.45) is 0 Å². The molecule has 0 aromatic carbocycles. The maximum absolute atomic E-state index is 10.8. The highest BCUT2D eigenvalue weighted by molar-refractivity contribution is 9.09. The van der Waals surface area contributed by atoms with E-state index in [1.54, 1.807) is 0 Å². The monoisotopic (exact) mass is 287 g/mol. The second-order valence-electron chi connectivity index (χ2n) is 2.15. The van der Waals surface area contributed by atoms with Gasteiger partial charge in [0.15, 0.2) is 0 Å². The maximum atomic E-state index is 10.8. The lowest BCUT2D eigenvalue weighted by Crippen LogP contribution is -2.09. The summed E-state index contributed by atoms with van der Waals surface area (Å²) in [6.07, 6.45) is 2.33. The number of alkyl halides is 2. The van der Waals surface area contributed by atoms with Crippen LogP contribution in [0.2, 0.25) is 0 Å². The molecular formula is C7H12Br2O2. The second-order valence-corrected chi connectivity index (χ2v) is 4.24. The lowest BCUT2D eigenvalue weighted by atomic mass is 10.2. The number of rotatable bonds is 5. The van der Waals surface area contributed by atoms with Gasteiger partial charge in [-0.1, -0.05) is 31.9 Å². The molecule has 0 amide bonds. The van der Waals surface area contributed by atoms with E-state index < -0.39 is 0 Å². The lowest BCUT2D eigenvalue weighted by molar-refractivity contribution is -0.140. The first-order valence-corrected chi connectivity index (χ1v) is 5.39. The number of hydrogen-bond donors (Lipinski definition) is 0. The second kappa shape index (κ2) is 7.10. The van der Waals surface area contributed by atoms with E-state index in [1.807, 2.05) is 0 Å². The molecule has 1 atom stereocenters. The molecule has 0 saturated heterocycles. The van der Waals surface area contributed by atoms with E-state index in [2.05, 4.69) is 36.6 Å². The van der Waals surface area contributed by atoms with Gasteiger partial charge in [-0.3, -0.25) is 4.79 Å². The third-order valence-corrected chi connectivity index (χ3v) is 2.54. The van der Waals surface area contributed by atoms with Gasteiger partial charge in [0, 0.05) is 10.2 Å². The predicted octanol–water partition coefficient (Wildman–Crippen LogP) is 2.49. The van der Waals surface area contributed by atoms with Gasteiger partial charge in [0.05, 0.1) is 14.9 Å². The molecule has 0 spiro atoms. The summed E-state index contributed by atoms with van der Waals surface area (Å²) < 4.78 is 11.1. The summed E-state index contributed by atoms with van der Waals surface area (Å²) in [5, 5.41) is 0.947. The third-order valence-electron chi connectivity index (χ3n) is 1.20. The van der Waals surface area contributed by atoms with Crippen LogP contribution in [-0.4, -0.2) is 23.2 Å². The summed E-state index contributed by atoms with van der Waals surface area (Å²) >= 11 is 6.67. The van der Waals surface area contributed by atoms with Gasteiger partial charge in [0.2, 0.25) is 0 Å². The normalized spacial score (nSPS) is 13.8. The zero-order chi connectivity index (χ0) is 9.40. The Bertz CT molecular complexity index is 133.